The molecule has 0 aromatic carbocycles. The molecule has 0 aliphatic rings. The highest BCUT2D eigenvalue weighted by atomic mass is 79.9. The number of alkyl halides is 6. The first-order valence-corrected chi connectivity index (χ1v) is 5.15. The van der Waals surface area contributed by atoms with Crippen molar-refractivity contribution in [2.75, 3.05) is 0 Å². The van der Waals surface area contributed by atoms with Gasteiger partial charge in [0.15, 0.2) is 5.82 Å². The van der Waals surface area contributed by atoms with Gasteiger partial charge in [0, 0.05) is 22.7 Å². The van der Waals surface area contributed by atoms with Gasteiger partial charge in [-0.25, -0.2) is 18.2 Å². The minimum atomic E-state index is -5.14. The standard InChI is InChI=1S/C8H4BrF6NO/c9-1-3-4(6(11)12)2-16-7(5(3)10)17-8(13,14)15/h2,6H,1H2. The van der Waals surface area contributed by atoms with Crippen molar-refractivity contribution in [2.24, 2.45) is 0 Å². The van der Waals surface area contributed by atoms with Gasteiger partial charge in [-0.1, -0.05) is 15.9 Å². The maximum absolute atomic E-state index is 13.4. The highest BCUT2D eigenvalue weighted by Gasteiger charge is 2.34. The fraction of sp³-hybridized carbons (Fsp3) is 0.375. The zero-order chi connectivity index (χ0) is 13.2. The van der Waals surface area contributed by atoms with Crippen LogP contribution < -0.4 is 4.74 Å². The normalized spacial score (nSPS) is 12.0. The topological polar surface area (TPSA) is 22.1 Å². The molecule has 0 atom stereocenters. The maximum atomic E-state index is 13.4. The number of hydrogen-bond acceptors (Lipinski definition) is 2. The van der Waals surface area contributed by atoms with Gasteiger partial charge in [0.2, 0.25) is 0 Å². The smallest absolute Gasteiger partial charge is 0.385 e. The quantitative estimate of drug-likeness (QED) is 0.620. The zero-order valence-corrected chi connectivity index (χ0v) is 9.45. The Morgan fingerprint density at radius 1 is 1.35 bits per heavy atom. The molecule has 1 heterocycles. The van der Waals surface area contributed by atoms with E-state index in [1.165, 1.54) is 0 Å². The monoisotopic (exact) mass is 323 g/mol. The summed E-state index contributed by atoms with van der Waals surface area (Å²) in [4.78, 5) is 2.88. The third-order valence-corrected chi connectivity index (χ3v) is 2.26. The average molecular weight is 324 g/mol. The summed E-state index contributed by atoms with van der Waals surface area (Å²) in [6.45, 7) is 0. The molecular weight excluding hydrogens is 320 g/mol. The Balaban J connectivity index is 3.20. The van der Waals surface area contributed by atoms with Gasteiger partial charge in [-0.2, -0.15) is 0 Å². The van der Waals surface area contributed by atoms with Gasteiger partial charge >= 0.3 is 6.36 Å². The number of aromatic nitrogens is 1. The second-order valence-corrected chi connectivity index (χ2v) is 3.35. The average Bonchev–Trinajstić information content (AvgIpc) is 2.18. The molecule has 0 fully saturated rings. The van der Waals surface area contributed by atoms with Crippen molar-refractivity contribution in [3.05, 3.63) is 23.1 Å². The first-order valence-electron chi connectivity index (χ1n) is 4.03. The lowest BCUT2D eigenvalue weighted by atomic mass is 10.1. The summed E-state index contributed by atoms with van der Waals surface area (Å²) in [6.07, 6.45) is -7.72. The summed E-state index contributed by atoms with van der Waals surface area (Å²) in [6, 6.07) is 0. The molecule has 0 unspecified atom stereocenters. The Bertz CT molecular complexity index is 408. The van der Waals surface area contributed by atoms with Crippen LogP contribution in [0.15, 0.2) is 6.20 Å². The van der Waals surface area contributed by atoms with E-state index in [1.54, 1.807) is 0 Å². The SMILES string of the molecule is Fc1c(OC(F)(F)F)ncc(C(F)F)c1CBr. The summed E-state index contributed by atoms with van der Waals surface area (Å²) in [5.41, 5.74) is -1.40. The molecule has 96 valence electrons. The van der Waals surface area contributed by atoms with Crippen LogP contribution in [0.4, 0.5) is 26.3 Å². The maximum Gasteiger partial charge on any atom is 0.574 e. The molecule has 0 radical (unpaired) electrons. The lowest BCUT2D eigenvalue weighted by Crippen LogP contribution is -2.19. The van der Waals surface area contributed by atoms with Gasteiger partial charge < -0.3 is 4.74 Å². The van der Waals surface area contributed by atoms with Gasteiger partial charge in [-0.3, -0.25) is 0 Å². The minimum Gasteiger partial charge on any atom is -0.385 e. The van der Waals surface area contributed by atoms with Gasteiger partial charge in [0.1, 0.15) is 0 Å². The lowest BCUT2D eigenvalue weighted by molar-refractivity contribution is -0.277. The number of rotatable bonds is 3. The van der Waals surface area contributed by atoms with E-state index in [0.717, 1.165) is 0 Å². The third kappa shape index (κ3) is 3.48. The number of ether oxygens (including phenoxy) is 1. The molecule has 0 saturated heterocycles. The van der Waals surface area contributed by atoms with Gasteiger partial charge in [0.05, 0.1) is 0 Å². The Hall–Kier alpha value is -0.990. The third-order valence-electron chi connectivity index (χ3n) is 1.70. The van der Waals surface area contributed by atoms with E-state index in [4.69, 9.17) is 0 Å². The Kier molecular flexibility index (Phi) is 4.23. The van der Waals surface area contributed by atoms with Crippen molar-refractivity contribution in [1.82, 2.24) is 4.98 Å². The van der Waals surface area contributed by atoms with E-state index in [-0.39, 0.29) is 5.33 Å². The molecule has 1 rings (SSSR count). The van der Waals surface area contributed by atoms with Crippen LogP contribution in [0.25, 0.3) is 0 Å². The van der Waals surface area contributed by atoms with Crippen LogP contribution in [0.1, 0.15) is 17.6 Å². The predicted molar refractivity (Wildman–Crippen MR) is 48.5 cm³/mol. The largest absolute Gasteiger partial charge is 0.574 e. The van der Waals surface area contributed by atoms with E-state index in [2.05, 4.69) is 25.7 Å². The van der Waals surface area contributed by atoms with Crippen molar-refractivity contribution in [1.29, 1.82) is 0 Å². The number of pyridine rings is 1. The predicted octanol–water partition coefficient (Wildman–Crippen LogP) is 3.95. The molecule has 0 amide bonds. The van der Waals surface area contributed by atoms with Crippen LogP contribution in [-0.2, 0) is 5.33 Å². The number of hydrogen-bond donors (Lipinski definition) is 0. The first-order chi connectivity index (χ1) is 7.76. The molecule has 17 heavy (non-hydrogen) atoms. The summed E-state index contributed by atoms with van der Waals surface area (Å²) in [7, 11) is 0. The fourth-order valence-corrected chi connectivity index (χ4v) is 1.59. The van der Waals surface area contributed by atoms with E-state index < -0.39 is 35.6 Å². The second-order valence-electron chi connectivity index (χ2n) is 2.79. The highest BCUT2D eigenvalue weighted by molar-refractivity contribution is 9.08. The first kappa shape index (κ1) is 14.1. The van der Waals surface area contributed by atoms with Crippen LogP contribution >= 0.6 is 15.9 Å². The molecule has 0 aliphatic carbocycles. The summed E-state index contributed by atoms with van der Waals surface area (Å²) in [5.74, 6) is -2.94. The summed E-state index contributed by atoms with van der Waals surface area (Å²) < 4.78 is 76.9. The molecule has 0 spiro atoms. The van der Waals surface area contributed by atoms with Crippen LogP contribution in [-0.4, -0.2) is 11.3 Å². The van der Waals surface area contributed by atoms with Crippen LogP contribution in [0.2, 0.25) is 0 Å². The number of nitrogens with zero attached hydrogens (tertiary/aromatic N) is 1. The second kappa shape index (κ2) is 5.11. The molecular formula is C8H4BrF6NO. The zero-order valence-electron chi connectivity index (χ0n) is 7.86. The lowest BCUT2D eigenvalue weighted by Gasteiger charge is -2.12. The molecule has 0 saturated carbocycles. The number of halogens is 7. The van der Waals surface area contributed by atoms with Gasteiger partial charge in [0.25, 0.3) is 12.3 Å². The van der Waals surface area contributed by atoms with E-state index in [1.807, 2.05) is 0 Å². The Labute approximate surface area is 99.7 Å². The fourth-order valence-electron chi connectivity index (χ4n) is 1.02. The summed E-state index contributed by atoms with van der Waals surface area (Å²) in [5, 5.41) is -0.380. The van der Waals surface area contributed by atoms with Gasteiger partial charge in [-0.05, 0) is 0 Å². The molecule has 0 aliphatic heterocycles. The molecule has 0 N–H and O–H groups in total. The molecule has 0 bridgehead atoms. The van der Waals surface area contributed by atoms with E-state index in [0.29, 0.717) is 6.20 Å². The van der Waals surface area contributed by atoms with Crippen molar-refractivity contribution in [2.45, 2.75) is 18.1 Å². The minimum absolute atomic E-state index is 0.380. The van der Waals surface area contributed by atoms with Crippen molar-refractivity contribution in [3.8, 4) is 5.88 Å². The van der Waals surface area contributed by atoms with Crippen LogP contribution in [0.3, 0.4) is 0 Å². The van der Waals surface area contributed by atoms with Crippen molar-refractivity contribution in [3.63, 3.8) is 0 Å². The highest BCUT2D eigenvalue weighted by Crippen LogP contribution is 2.32. The summed E-state index contributed by atoms with van der Waals surface area (Å²) >= 11 is 2.70. The molecule has 1 aromatic rings. The van der Waals surface area contributed by atoms with Crippen molar-refractivity contribution < 1.29 is 31.1 Å². The molecule has 1 aromatic heterocycles. The molecule has 2 nitrogen and oxygen atoms in total. The Morgan fingerprint density at radius 2 is 1.94 bits per heavy atom. The van der Waals surface area contributed by atoms with E-state index >= 15 is 0 Å². The van der Waals surface area contributed by atoms with Crippen LogP contribution in [0, 0.1) is 5.82 Å². The van der Waals surface area contributed by atoms with E-state index in [9.17, 15) is 26.3 Å². The Morgan fingerprint density at radius 3 is 2.35 bits per heavy atom. The molecule has 9 heteroatoms. The van der Waals surface area contributed by atoms with Crippen LogP contribution in [0.5, 0.6) is 5.88 Å². The van der Waals surface area contributed by atoms with Crippen molar-refractivity contribution >= 4 is 15.9 Å². The van der Waals surface area contributed by atoms with Gasteiger partial charge in [-0.15, -0.1) is 13.2 Å².